The Hall–Kier alpha value is -0.870. The molecule has 0 saturated heterocycles. The minimum absolute atomic E-state index is 0.286. The van der Waals surface area contributed by atoms with Crippen molar-refractivity contribution < 1.29 is 0 Å². The molecule has 0 saturated carbocycles. The number of aromatic nitrogens is 2. The topological polar surface area (TPSA) is 47.1 Å². The summed E-state index contributed by atoms with van der Waals surface area (Å²) in [7, 11) is 2.14. The molecule has 1 aromatic heterocycles. The number of rotatable bonds is 7. The Morgan fingerprint density at radius 2 is 2.18 bits per heavy atom. The third-order valence-electron chi connectivity index (χ3n) is 3.16. The van der Waals surface area contributed by atoms with Crippen molar-refractivity contribution >= 4 is 0 Å². The molecule has 1 aromatic rings. The lowest BCUT2D eigenvalue weighted by atomic mass is 10.1. The maximum atomic E-state index is 5.88. The Bertz CT molecular complexity index is 319. The van der Waals surface area contributed by atoms with Crippen LogP contribution in [-0.4, -0.2) is 34.8 Å². The average Bonchev–Trinajstić information content (AvgIpc) is 2.77. The van der Waals surface area contributed by atoms with E-state index in [2.05, 4.69) is 44.0 Å². The molecule has 4 heteroatoms. The van der Waals surface area contributed by atoms with Crippen molar-refractivity contribution in [2.45, 2.75) is 45.7 Å². The third-order valence-corrected chi connectivity index (χ3v) is 3.16. The van der Waals surface area contributed by atoms with Gasteiger partial charge in [-0.15, -0.1) is 0 Å². The van der Waals surface area contributed by atoms with Crippen LogP contribution in [0, 0.1) is 0 Å². The second kappa shape index (κ2) is 6.77. The van der Waals surface area contributed by atoms with Gasteiger partial charge in [-0.3, -0.25) is 9.58 Å². The van der Waals surface area contributed by atoms with Gasteiger partial charge < -0.3 is 5.73 Å². The van der Waals surface area contributed by atoms with Crippen LogP contribution in [0.1, 0.15) is 51.3 Å². The van der Waals surface area contributed by atoms with Crippen molar-refractivity contribution in [3.05, 3.63) is 18.0 Å². The van der Waals surface area contributed by atoms with E-state index in [1.165, 1.54) is 18.4 Å². The molecule has 1 rings (SSSR count). The molecule has 0 spiro atoms. The molecule has 98 valence electrons. The van der Waals surface area contributed by atoms with E-state index in [-0.39, 0.29) is 6.04 Å². The van der Waals surface area contributed by atoms with Crippen LogP contribution in [0.5, 0.6) is 0 Å². The first-order valence-corrected chi connectivity index (χ1v) is 6.54. The molecule has 0 radical (unpaired) electrons. The van der Waals surface area contributed by atoms with Gasteiger partial charge in [-0.25, -0.2) is 0 Å². The van der Waals surface area contributed by atoms with Gasteiger partial charge in [0.05, 0.1) is 6.20 Å². The van der Waals surface area contributed by atoms with Gasteiger partial charge in [0, 0.05) is 30.4 Å². The van der Waals surface area contributed by atoms with E-state index in [4.69, 9.17) is 5.73 Å². The minimum Gasteiger partial charge on any atom is -0.329 e. The van der Waals surface area contributed by atoms with Gasteiger partial charge in [0.15, 0.2) is 0 Å². The van der Waals surface area contributed by atoms with Gasteiger partial charge in [-0.1, -0.05) is 13.3 Å². The van der Waals surface area contributed by atoms with Crippen molar-refractivity contribution in [1.82, 2.24) is 14.7 Å². The first kappa shape index (κ1) is 14.2. The fourth-order valence-corrected chi connectivity index (χ4v) is 1.94. The van der Waals surface area contributed by atoms with Crippen molar-refractivity contribution in [2.24, 2.45) is 5.73 Å². The number of nitrogens with zero attached hydrogens (tertiary/aromatic N) is 3. The minimum atomic E-state index is 0.286. The van der Waals surface area contributed by atoms with Gasteiger partial charge in [-0.05, 0) is 33.9 Å². The molecule has 4 nitrogen and oxygen atoms in total. The largest absolute Gasteiger partial charge is 0.329 e. The Labute approximate surface area is 105 Å². The highest BCUT2D eigenvalue weighted by atomic mass is 15.3. The Morgan fingerprint density at radius 1 is 1.47 bits per heavy atom. The molecule has 1 unspecified atom stereocenters. The lowest BCUT2D eigenvalue weighted by molar-refractivity contribution is 0.246. The lowest BCUT2D eigenvalue weighted by Crippen LogP contribution is -2.31. The third kappa shape index (κ3) is 3.82. The predicted molar refractivity (Wildman–Crippen MR) is 71.9 cm³/mol. The monoisotopic (exact) mass is 238 g/mol. The fourth-order valence-electron chi connectivity index (χ4n) is 1.94. The molecule has 2 N–H and O–H groups in total. The van der Waals surface area contributed by atoms with Crippen LogP contribution in [0.4, 0.5) is 0 Å². The van der Waals surface area contributed by atoms with E-state index in [1.807, 2.05) is 10.9 Å². The van der Waals surface area contributed by atoms with E-state index < -0.39 is 0 Å². The summed E-state index contributed by atoms with van der Waals surface area (Å²) >= 11 is 0. The zero-order valence-electron chi connectivity index (χ0n) is 11.6. The predicted octanol–water partition coefficient (Wildman–Crippen LogP) is 2.20. The maximum absolute atomic E-state index is 5.88. The number of likely N-dealkylation sites (N-methyl/N-ethyl adjacent to an activating group) is 1. The van der Waals surface area contributed by atoms with Crippen molar-refractivity contribution in [3.8, 4) is 0 Å². The molecule has 0 aliphatic carbocycles. The van der Waals surface area contributed by atoms with Crippen molar-refractivity contribution in [1.29, 1.82) is 0 Å². The van der Waals surface area contributed by atoms with E-state index >= 15 is 0 Å². The number of nitrogens with two attached hydrogens (primary N) is 1. The maximum Gasteiger partial charge on any atom is 0.0538 e. The molecular weight excluding hydrogens is 212 g/mol. The summed E-state index contributed by atoms with van der Waals surface area (Å²) in [5, 5.41) is 4.38. The Morgan fingerprint density at radius 3 is 2.65 bits per heavy atom. The summed E-state index contributed by atoms with van der Waals surface area (Å²) in [5.41, 5.74) is 7.11. The highest BCUT2D eigenvalue weighted by Crippen LogP contribution is 2.19. The summed E-state index contributed by atoms with van der Waals surface area (Å²) < 4.78 is 1.99. The van der Waals surface area contributed by atoms with Crippen molar-refractivity contribution in [2.75, 3.05) is 20.1 Å². The normalized spacial score (nSPS) is 13.6. The zero-order chi connectivity index (χ0) is 12.8. The number of unbranched alkanes of at least 4 members (excludes halogenated alkanes) is 1. The van der Waals surface area contributed by atoms with Crippen LogP contribution in [0.25, 0.3) is 0 Å². The average molecular weight is 238 g/mol. The molecule has 1 atom stereocenters. The number of hydrogen-bond donors (Lipinski definition) is 1. The van der Waals surface area contributed by atoms with Crippen LogP contribution in [0.15, 0.2) is 12.4 Å². The van der Waals surface area contributed by atoms with Crippen molar-refractivity contribution in [3.63, 3.8) is 0 Å². The molecular formula is C13H26N4. The van der Waals surface area contributed by atoms with Gasteiger partial charge in [0.2, 0.25) is 0 Å². The lowest BCUT2D eigenvalue weighted by Gasteiger charge is -2.25. The zero-order valence-corrected chi connectivity index (χ0v) is 11.6. The van der Waals surface area contributed by atoms with Crippen LogP contribution in [0.2, 0.25) is 0 Å². The highest BCUT2D eigenvalue weighted by Gasteiger charge is 2.17. The second-order valence-electron chi connectivity index (χ2n) is 4.93. The Balaban J connectivity index is 2.71. The smallest absolute Gasteiger partial charge is 0.0538 e. The summed E-state index contributed by atoms with van der Waals surface area (Å²) in [6.45, 7) is 8.21. The molecule has 0 aliphatic heterocycles. The first-order chi connectivity index (χ1) is 8.10. The standard InChI is InChI=1S/C13H26N4/c1-5-6-7-16(4)13(8-14)12-9-15-17(10-12)11(2)3/h9-11,13H,5-8,14H2,1-4H3. The SMILES string of the molecule is CCCCN(C)C(CN)c1cnn(C(C)C)c1. The summed E-state index contributed by atoms with van der Waals surface area (Å²) in [5.74, 6) is 0. The molecule has 17 heavy (non-hydrogen) atoms. The van der Waals surface area contributed by atoms with Crippen LogP contribution < -0.4 is 5.73 Å². The van der Waals surface area contributed by atoms with E-state index in [0.29, 0.717) is 12.6 Å². The van der Waals surface area contributed by atoms with Crippen LogP contribution in [-0.2, 0) is 0 Å². The Kier molecular flexibility index (Phi) is 5.65. The summed E-state index contributed by atoms with van der Waals surface area (Å²) in [6, 6.07) is 0.692. The molecule has 0 fully saturated rings. The molecule has 1 heterocycles. The van der Waals surface area contributed by atoms with E-state index in [0.717, 1.165) is 6.54 Å². The summed E-state index contributed by atoms with van der Waals surface area (Å²) in [4.78, 5) is 2.32. The van der Waals surface area contributed by atoms with Gasteiger partial charge >= 0.3 is 0 Å². The van der Waals surface area contributed by atoms with E-state index in [1.54, 1.807) is 0 Å². The van der Waals surface area contributed by atoms with Crippen LogP contribution >= 0.6 is 0 Å². The molecule has 0 bridgehead atoms. The van der Waals surface area contributed by atoms with Gasteiger partial charge in [0.25, 0.3) is 0 Å². The molecule has 0 aliphatic rings. The second-order valence-corrected chi connectivity index (χ2v) is 4.93. The summed E-state index contributed by atoms with van der Waals surface area (Å²) in [6.07, 6.45) is 6.49. The highest BCUT2D eigenvalue weighted by molar-refractivity contribution is 5.11. The fraction of sp³-hybridized carbons (Fsp3) is 0.769. The van der Waals surface area contributed by atoms with Gasteiger partial charge in [0.1, 0.15) is 0 Å². The molecule has 0 aromatic carbocycles. The van der Waals surface area contributed by atoms with Gasteiger partial charge in [-0.2, -0.15) is 5.10 Å². The first-order valence-electron chi connectivity index (χ1n) is 6.54. The molecule has 0 amide bonds. The van der Waals surface area contributed by atoms with E-state index in [9.17, 15) is 0 Å². The number of hydrogen-bond acceptors (Lipinski definition) is 3. The van der Waals surface area contributed by atoms with Crippen LogP contribution in [0.3, 0.4) is 0 Å². The quantitative estimate of drug-likeness (QED) is 0.792.